The molecule has 0 aliphatic heterocycles. The monoisotopic (exact) mass is 493 g/mol. The van der Waals surface area contributed by atoms with Crippen molar-refractivity contribution in [1.82, 2.24) is 15.3 Å². The number of esters is 1. The van der Waals surface area contributed by atoms with Gasteiger partial charge >= 0.3 is 5.97 Å². The molecule has 2 aliphatic carbocycles. The second-order valence-corrected chi connectivity index (χ2v) is 10.7. The number of ether oxygens (including phenoxy) is 1. The molecule has 184 valence electrons. The maximum atomic E-state index is 12.6. The number of aryl methyl sites for hydroxylation is 5. The minimum atomic E-state index is -0.491. The van der Waals surface area contributed by atoms with E-state index in [1.807, 2.05) is 6.92 Å². The fourth-order valence-electron chi connectivity index (χ4n) is 5.15. The van der Waals surface area contributed by atoms with Crippen molar-refractivity contribution in [2.24, 2.45) is 0 Å². The van der Waals surface area contributed by atoms with E-state index in [1.54, 1.807) is 11.3 Å². The molecule has 2 aliphatic rings. The van der Waals surface area contributed by atoms with Crippen molar-refractivity contribution in [2.75, 3.05) is 6.61 Å². The first kappa shape index (κ1) is 23.7. The molecule has 0 bridgehead atoms. The van der Waals surface area contributed by atoms with E-state index in [1.165, 1.54) is 28.8 Å². The number of benzene rings is 1. The second-order valence-electron chi connectivity index (χ2n) is 9.59. The molecule has 7 nitrogen and oxygen atoms in total. The van der Waals surface area contributed by atoms with Gasteiger partial charge in [0.2, 0.25) is 0 Å². The van der Waals surface area contributed by atoms with Gasteiger partial charge in [-0.1, -0.05) is 18.2 Å². The number of carbonyl (C=O) groups excluding carboxylic acids is 2. The quantitative estimate of drug-likeness (QED) is 0.483. The van der Waals surface area contributed by atoms with Gasteiger partial charge in [0.15, 0.2) is 6.61 Å². The van der Waals surface area contributed by atoms with Crippen LogP contribution in [0.5, 0.6) is 0 Å². The van der Waals surface area contributed by atoms with Crippen molar-refractivity contribution < 1.29 is 14.3 Å². The Labute approximate surface area is 208 Å². The standard InChI is InChI=1S/C27H31N3O4S/c1-16(18-11-10-17-6-2-3-7-19(17)14-18)28-23(31)15-34-24(32)13-12-22-29-26(33)25-20-8-4-5-9-21(20)35-27(25)30-22/h10-11,14,16H,2-9,12-13,15H2,1H3,(H,28,31)(H,29,30,33). The van der Waals surface area contributed by atoms with Crippen LogP contribution in [0.3, 0.4) is 0 Å². The van der Waals surface area contributed by atoms with Crippen LogP contribution in [-0.4, -0.2) is 28.5 Å². The zero-order chi connectivity index (χ0) is 24.4. The number of amides is 1. The van der Waals surface area contributed by atoms with Gasteiger partial charge in [0.1, 0.15) is 10.7 Å². The van der Waals surface area contributed by atoms with Crippen LogP contribution in [0.4, 0.5) is 0 Å². The van der Waals surface area contributed by atoms with E-state index >= 15 is 0 Å². The maximum Gasteiger partial charge on any atom is 0.306 e. The fourth-order valence-corrected chi connectivity index (χ4v) is 6.44. The normalized spacial score (nSPS) is 15.8. The van der Waals surface area contributed by atoms with Gasteiger partial charge < -0.3 is 15.0 Å². The van der Waals surface area contributed by atoms with Gasteiger partial charge in [-0.2, -0.15) is 0 Å². The summed E-state index contributed by atoms with van der Waals surface area (Å²) in [6.07, 6.45) is 9.15. The van der Waals surface area contributed by atoms with E-state index in [4.69, 9.17) is 4.74 Å². The lowest BCUT2D eigenvalue weighted by atomic mass is 9.89. The van der Waals surface area contributed by atoms with Crippen LogP contribution < -0.4 is 10.9 Å². The second kappa shape index (κ2) is 10.3. The number of carbonyl (C=O) groups is 2. The van der Waals surface area contributed by atoms with Crippen LogP contribution in [0.25, 0.3) is 10.2 Å². The Bertz CT molecular complexity index is 1330. The highest BCUT2D eigenvalue weighted by atomic mass is 32.1. The summed E-state index contributed by atoms with van der Waals surface area (Å²) in [6, 6.07) is 6.25. The van der Waals surface area contributed by atoms with Crippen molar-refractivity contribution in [3.63, 3.8) is 0 Å². The average molecular weight is 494 g/mol. The number of nitrogens with zero attached hydrogens (tertiary/aromatic N) is 1. The molecule has 1 aromatic carbocycles. The van der Waals surface area contributed by atoms with Gasteiger partial charge in [0.05, 0.1) is 17.8 Å². The summed E-state index contributed by atoms with van der Waals surface area (Å²) in [7, 11) is 0. The van der Waals surface area contributed by atoms with Crippen molar-refractivity contribution in [2.45, 2.75) is 77.2 Å². The summed E-state index contributed by atoms with van der Waals surface area (Å²) in [5.41, 5.74) is 4.85. The first-order chi connectivity index (χ1) is 17.0. The lowest BCUT2D eigenvalue weighted by Gasteiger charge is -2.20. The number of hydrogen-bond donors (Lipinski definition) is 2. The number of thiophene rings is 1. The average Bonchev–Trinajstić information content (AvgIpc) is 3.25. The molecule has 2 heterocycles. The van der Waals surface area contributed by atoms with E-state index in [-0.39, 0.29) is 37.0 Å². The molecule has 0 radical (unpaired) electrons. The molecular formula is C27H31N3O4S. The lowest BCUT2D eigenvalue weighted by molar-refractivity contribution is -0.148. The van der Waals surface area contributed by atoms with E-state index in [0.29, 0.717) is 11.2 Å². The number of H-pyrrole nitrogens is 1. The molecule has 8 heteroatoms. The molecule has 1 unspecified atom stereocenters. The number of aromatic amines is 1. The molecule has 2 aromatic heterocycles. The summed E-state index contributed by atoms with van der Waals surface area (Å²) >= 11 is 1.59. The van der Waals surface area contributed by atoms with Gasteiger partial charge in [-0.3, -0.25) is 14.4 Å². The minimum absolute atomic E-state index is 0.0488. The Hall–Kier alpha value is -3.00. The number of fused-ring (bicyclic) bond motifs is 4. The predicted octanol–water partition coefficient (Wildman–Crippen LogP) is 4.10. The molecule has 5 rings (SSSR count). The Morgan fingerprint density at radius 3 is 2.74 bits per heavy atom. The van der Waals surface area contributed by atoms with Crippen LogP contribution in [-0.2, 0) is 46.4 Å². The molecule has 1 atom stereocenters. The van der Waals surface area contributed by atoms with Gasteiger partial charge in [0.25, 0.3) is 11.5 Å². The smallest absolute Gasteiger partial charge is 0.306 e. The number of hydrogen-bond acceptors (Lipinski definition) is 6. The summed E-state index contributed by atoms with van der Waals surface area (Å²) < 4.78 is 5.17. The number of aromatic nitrogens is 2. The van der Waals surface area contributed by atoms with E-state index in [0.717, 1.165) is 54.5 Å². The van der Waals surface area contributed by atoms with Gasteiger partial charge in [0, 0.05) is 11.3 Å². The Morgan fingerprint density at radius 2 is 1.89 bits per heavy atom. The van der Waals surface area contributed by atoms with Crippen molar-refractivity contribution in [1.29, 1.82) is 0 Å². The van der Waals surface area contributed by atoms with Crippen molar-refractivity contribution in [3.8, 4) is 0 Å². The van der Waals surface area contributed by atoms with Crippen LogP contribution in [0.2, 0.25) is 0 Å². The molecule has 1 amide bonds. The summed E-state index contributed by atoms with van der Waals surface area (Å²) in [4.78, 5) is 46.6. The van der Waals surface area contributed by atoms with Gasteiger partial charge in [-0.05, 0) is 80.5 Å². The Morgan fingerprint density at radius 1 is 1.11 bits per heavy atom. The van der Waals surface area contributed by atoms with Gasteiger partial charge in [-0.15, -0.1) is 11.3 Å². The molecule has 3 aromatic rings. The predicted molar refractivity (Wildman–Crippen MR) is 136 cm³/mol. The minimum Gasteiger partial charge on any atom is -0.456 e. The van der Waals surface area contributed by atoms with E-state index in [9.17, 15) is 14.4 Å². The molecular weight excluding hydrogens is 462 g/mol. The third-order valence-electron chi connectivity index (χ3n) is 7.05. The molecule has 0 saturated heterocycles. The summed E-state index contributed by atoms with van der Waals surface area (Å²) in [5.74, 6) is -0.348. The van der Waals surface area contributed by atoms with E-state index in [2.05, 4.69) is 33.5 Å². The number of nitrogens with one attached hydrogen (secondary N) is 2. The van der Waals surface area contributed by atoms with E-state index < -0.39 is 5.97 Å². The van der Waals surface area contributed by atoms with Crippen LogP contribution in [0.15, 0.2) is 23.0 Å². The molecule has 35 heavy (non-hydrogen) atoms. The fraction of sp³-hybridized carbons (Fsp3) is 0.481. The first-order valence-electron chi connectivity index (χ1n) is 12.6. The molecule has 0 spiro atoms. The lowest BCUT2D eigenvalue weighted by Crippen LogP contribution is -2.31. The SMILES string of the molecule is CC(NC(=O)COC(=O)CCc1nc2sc3c(c2c(=O)[nH]1)CCCC3)c1ccc2c(c1)CCCC2. The van der Waals surface area contributed by atoms with Crippen LogP contribution in [0, 0.1) is 0 Å². The highest BCUT2D eigenvalue weighted by Crippen LogP contribution is 2.33. The Kier molecular flexibility index (Phi) is 7.00. The highest BCUT2D eigenvalue weighted by molar-refractivity contribution is 7.18. The summed E-state index contributed by atoms with van der Waals surface area (Å²) in [5, 5.41) is 3.62. The zero-order valence-corrected chi connectivity index (χ0v) is 20.9. The zero-order valence-electron chi connectivity index (χ0n) is 20.1. The molecule has 0 fully saturated rings. The summed E-state index contributed by atoms with van der Waals surface area (Å²) in [6.45, 7) is 1.61. The number of rotatable bonds is 7. The largest absolute Gasteiger partial charge is 0.456 e. The molecule has 2 N–H and O–H groups in total. The first-order valence-corrected chi connectivity index (χ1v) is 13.4. The topological polar surface area (TPSA) is 101 Å². The van der Waals surface area contributed by atoms with Crippen LogP contribution >= 0.6 is 11.3 Å². The molecule has 0 saturated carbocycles. The third-order valence-corrected chi connectivity index (χ3v) is 8.24. The van der Waals surface area contributed by atoms with Gasteiger partial charge in [-0.25, -0.2) is 4.98 Å². The Balaban J connectivity index is 1.11. The maximum absolute atomic E-state index is 12.6. The van der Waals surface area contributed by atoms with Crippen molar-refractivity contribution >= 4 is 33.4 Å². The highest BCUT2D eigenvalue weighted by Gasteiger charge is 2.20. The van der Waals surface area contributed by atoms with Crippen LogP contribution in [0.1, 0.15) is 78.0 Å². The van der Waals surface area contributed by atoms with Crippen molar-refractivity contribution in [3.05, 3.63) is 61.5 Å². The third kappa shape index (κ3) is 5.32.